The second-order valence-corrected chi connectivity index (χ2v) is 7.27. The molecule has 0 saturated carbocycles. The fourth-order valence-electron chi connectivity index (χ4n) is 1.22. The molecule has 6 nitrogen and oxygen atoms in total. The SMILES string of the molecule is CC(C)(C)C(=O)NC(=S)NNC(=O)COc1ccc(Cl)cc1Br. The quantitative estimate of drug-likeness (QED) is 0.515. The van der Waals surface area contributed by atoms with Crippen molar-refractivity contribution >= 4 is 56.7 Å². The first-order chi connectivity index (χ1) is 10.6. The van der Waals surface area contributed by atoms with Crippen molar-refractivity contribution in [3.05, 3.63) is 27.7 Å². The summed E-state index contributed by atoms with van der Waals surface area (Å²) in [6.45, 7) is 5.02. The van der Waals surface area contributed by atoms with Crippen LogP contribution in [0, 0.1) is 5.41 Å². The Morgan fingerprint density at radius 3 is 2.52 bits per heavy atom. The van der Waals surface area contributed by atoms with Crippen molar-refractivity contribution in [3.63, 3.8) is 0 Å². The van der Waals surface area contributed by atoms with Crippen LogP contribution in [-0.4, -0.2) is 23.5 Å². The van der Waals surface area contributed by atoms with Gasteiger partial charge >= 0.3 is 0 Å². The van der Waals surface area contributed by atoms with E-state index in [0.29, 0.717) is 15.2 Å². The molecular weight excluding hydrogens is 406 g/mol. The van der Waals surface area contributed by atoms with Gasteiger partial charge in [0.2, 0.25) is 5.91 Å². The third-order valence-corrected chi connectivity index (χ3v) is 3.54. The van der Waals surface area contributed by atoms with Crippen LogP contribution < -0.4 is 20.9 Å². The second-order valence-electron chi connectivity index (χ2n) is 5.57. The van der Waals surface area contributed by atoms with Gasteiger partial charge in [-0.3, -0.25) is 20.4 Å². The fraction of sp³-hybridized carbons (Fsp3) is 0.357. The molecule has 0 aliphatic rings. The lowest BCUT2D eigenvalue weighted by molar-refractivity contribution is -0.127. The zero-order chi connectivity index (χ0) is 17.6. The molecule has 1 aromatic carbocycles. The van der Waals surface area contributed by atoms with Gasteiger partial charge < -0.3 is 10.1 Å². The Labute approximate surface area is 153 Å². The molecule has 3 N–H and O–H groups in total. The van der Waals surface area contributed by atoms with Crippen LogP contribution in [0.25, 0.3) is 0 Å². The summed E-state index contributed by atoms with van der Waals surface area (Å²) in [6.07, 6.45) is 0. The van der Waals surface area contributed by atoms with Crippen LogP contribution in [0.5, 0.6) is 5.75 Å². The maximum absolute atomic E-state index is 11.7. The van der Waals surface area contributed by atoms with Gasteiger partial charge in [-0.25, -0.2) is 0 Å². The number of ether oxygens (including phenoxy) is 1. The average Bonchev–Trinajstić information content (AvgIpc) is 2.43. The molecule has 0 bridgehead atoms. The summed E-state index contributed by atoms with van der Waals surface area (Å²) in [7, 11) is 0. The summed E-state index contributed by atoms with van der Waals surface area (Å²) < 4.78 is 5.97. The van der Waals surface area contributed by atoms with E-state index in [9.17, 15) is 9.59 Å². The highest BCUT2D eigenvalue weighted by Crippen LogP contribution is 2.27. The van der Waals surface area contributed by atoms with Crippen LogP contribution in [0.2, 0.25) is 5.02 Å². The normalized spacial score (nSPS) is 10.7. The Hall–Kier alpha value is -1.38. The standard InChI is InChI=1S/C14H17BrClN3O3S/c1-14(2,3)12(21)17-13(23)19-18-11(20)7-22-10-5-4-8(16)6-9(10)15/h4-6H,7H2,1-3H3,(H,18,20)(H2,17,19,21,23). The minimum absolute atomic E-state index is 0.00551. The molecule has 1 aromatic rings. The van der Waals surface area contributed by atoms with E-state index >= 15 is 0 Å². The first kappa shape index (κ1) is 19.7. The lowest BCUT2D eigenvalue weighted by Crippen LogP contribution is -2.51. The summed E-state index contributed by atoms with van der Waals surface area (Å²) in [5.74, 6) is -0.238. The van der Waals surface area contributed by atoms with Gasteiger partial charge in [-0.2, -0.15) is 0 Å². The lowest BCUT2D eigenvalue weighted by Gasteiger charge is -2.18. The van der Waals surface area contributed by atoms with Gasteiger partial charge in [-0.1, -0.05) is 32.4 Å². The van der Waals surface area contributed by atoms with Crippen LogP contribution >= 0.6 is 39.7 Å². The van der Waals surface area contributed by atoms with E-state index in [1.165, 1.54) is 0 Å². The van der Waals surface area contributed by atoms with E-state index in [0.717, 1.165) is 0 Å². The number of benzene rings is 1. The van der Waals surface area contributed by atoms with E-state index in [1.807, 2.05) is 0 Å². The molecule has 0 radical (unpaired) electrons. The van der Waals surface area contributed by atoms with Gasteiger partial charge in [0.25, 0.3) is 5.91 Å². The minimum Gasteiger partial charge on any atom is -0.483 e. The third-order valence-electron chi connectivity index (χ3n) is 2.48. The van der Waals surface area contributed by atoms with Crippen LogP contribution in [0.3, 0.4) is 0 Å². The number of rotatable bonds is 3. The monoisotopic (exact) mass is 421 g/mol. The van der Waals surface area contributed by atoms with E-state index in [1.54, 1.807) is 39.0 Å². The number of hydrazine groups is 1. The minimum atomic E-state index is -0.584. The molecule has 0 aliphatic heterocycles. The molecule has 0 unspecified atom stereocenters. The molecule has 0 fully saturated rings. The Morgan fingerprint density at radius 2 is 1.96 bits per heavy atom. The van der Waals surface area contributed by atoms with Gasteiger partial charge in [0.15, 0.2) is 11.7 Å². The maximum Gasteiger partial charge on any atom is 0.276 e. The Balaban J connectivity index is 2.37. The van der Waals surface area contributed by atoms with Crippen LogP contribution in [0.15, 0.2) is 22.7 Å². The van der Waals surface area contributed by atoms with Crippen molar-refractivity contribution in [1.82, 2.24) is 16.2 Å². The van der Waals surface area contributed by atoms with Gasteiger partial charge in [0.1, 0.15) is 5.75 Å². The average molecular weight is 423 g/mol. The fourth-order valence-corrected chi connectivity index (χ4v) is 2.16. The Kier molecular flexibility index (Phi) is 7.24. The molecule has 0 aliphatic carbocycles. The summed E-state index contributed by atoms with van der Waals surface area (Å²) in [4.78, 5) is 23.4. The number of carbonyl (C=O) groups is 2. The van der Waals surface area contributed by atoms with Crippen molar-refractivity contribution in [2.75, 3.05) is 6.61 Å². The van der Waals surface area contributed by atoms with Gasteiger partial charge in [-0.05, 0) is 46.3 Å². The number of hydrogen-bond donors (Lipinski definition) is 3. The third kappa shape index (κ3) is 7.15. The highest BCUT2D eigenvalue weighted by molar-refractivity contribution is 9.10. The zero-order valence-electron chi connectivity index (χ0n) is 12.8. The van der Waals surface area contributed by atoms with Crippen molar-refractivity contribution < 1.29 is 14.3 Å². The molecular formula is C14H17BrClN3O3S. The molecule has 0 aromatic heterocycles. The molecule has 0 heterocycles. The molecule has 2 amide bonds. The smallest absolute Gasteiger partial charge is 0.276 e. The lowest BCUT2D eigenvalue weighted by atomic mass is 9.96. The predicted molar refractivity (Wildman–Crippen MR) is 96.1 cm³/mol. The second kappa shape index (κ2) is 8.47. The number of thiocarbonyl (C=S) groups is 1. The Morgan fingerprint density at radius 1 is 1.30 bits per heavy atom. The number of carbonyl (C=O) groups excluding carboxylic acids is 2. The van der Waals surface area contributed by atoms with Gasteiger partial charge in [0, 0.05) is 10.4 Å². The van der Waals surface area contributed by atoms with Crippen molar-refractivity contribution in [1.29, 1.82) is 0 Å². The molecule has 0 spiro atoms. The van der Waals surface area contributed by atoms with Crippen LogP contribution in [0.1, 0.15) is 20.8 Å². The molecule has 9 heteroatoms. The first-order valence-electron chi connectivity index (χ1n) is 6.57. The summed E-state index contributed by atoms with van der Waals surface area (Å²) >= 11 is 14.0. The van der Waals surface area contributed by atoms with Crippen molar-refractivity contribution in [3.8, 4) is 5.75 Å². The number of amides is 2. The highest BCUT2D eigenvalue weighted by atomic mass is 79.9. The molecule has 126 valence electrons. The molecule has 1 rings (SSSR count). The number of halogens is 2. The van der Waals surface area contributed by atoms with E-state index < -0.39 is 11.3 Å². The summed E-state index contributed by atoms with van der Waals surface area (Å²) in [5.41, 5.74) is 4.18. The number of hydrogen-bond acceptors (Lipinski definition) is 4. The van der Waals surface area contributed by atoms with E-state index in [2.05, 4.69) is 32.1 Å². The highest BCUT2D eigenvalue weighted by Gasteiger charge is 2.22. The zero-order valence-corrected chi connectivity index (χ0v) is 16.0. The van der Waals surface area contributed by atoms with Crippen molar-refractivity contribution in [2.24, 2.45) is 5.41 Å². The first-order valence-corrected chi connectivity index (χ1v) is 8.15. The van der Waals surface area contributed by atoms with Crippen LogP contribution in [0.4, 0.5) is 0 Å². The summed E-state index contributed by atoms with van der Waals surface area (Å²) in [5, 5.41) is 3.02. The largest absolute Gasteiger partial charge is 0.483 e. The van der Waals surface area contributed by atoms with Gasteiger partial charge in [-0.15, -0.1) is 0 Å². The van der Waals surface area contributed by atoms with Gasteiger partial charge in [0.05, 0.1) is 4.47 Å². The van der Waals surface area contributed by atoms with E-state index in [-0.39, 0.29) is 17.6 Å². The number of nitrogens with one attached hydrogen (secondary N) is 3. The summed E-state index contributed by atoms with van der Waals surface area (Å²) in [6, 6.07) is 4.94. The Bertz CT molecular complexity index is 620. The van der Waals surface area contributed by atoms with E-state index in [4.69, 9.17) is 28.6 Å². The maximum atomic E-state index is 11.7. The van der Waals surface area contributed by atoms with Crippen molar-refractivity contribution in [2.45, 2.75) is 20.8 Å². The predicted octanol–water partition coefficient (Wildman–Crippen LogP) is 2.55. The molecule has 0 saturated heterocycles. The topological polar surface area (TPSA) is 79.5 Å². The molecule has 23 heavy (non-hydrogen) atoms. The molecule has 0 atom stereocenters. The van der Waals surface area contributed by atoms with Crippen LogP contribution in [-0.2, 0) is 9.59 Å².